The number of nitro benzene ring substituents is 1. The predicted molar refractivity (Wildman–Crippen MR) is 66.6 cm³/mol. The van der Waals surface area contributed by atoms with Crippen molar-refractivity contribution in [3.8, 4) is 5.75 Å². The van der Waals surface area contributed by atoms with E-state index in [1.807, 2.05) is 13.8 Å². The molecule has 0 atom stereocenters. The topological polar surface area (TPSA) is 64.4 Å². The molecular formula is C12H16F2N2O3. The summed E-state index contributed by atoms with van der Waals surface area (Å²) in [5.74, 6) is -0.131. The molecule has 0 aromatic heterocycles. The zero-order valence-corrected chi connectivity index (χ0v) is 10.7. The third-order valence-electron chi connectivity index (χ3n) is 2.30. The van der Waals surface area contributed by atoms with Crippen LogP contribution in [0.3, 0.4) is 0 Å². The van der Waals surface area contributed by atoms with E-state index < -0.39 is 18.0 Å². The van der Waals surface area contributed by atoms with Gasteiger partial charge in [-0.25, -0.2) is 8.78 Å². The molecule has 0 saturated heterocycles. The molecule has 19 heavy (non-hydrogen) atoms. The van der Waals surface area contributed by atoms with Gasteiger partial charge in [0.15, 0.2) is 5.75 Å². The second kappa shape index (κ2) is 6.98. The monoisotopic (exact) mass is 274 g/mol. The van der Waals surface area contributed by atoms with Crippen molar-refractivity contribution in [1.29, 1.82) is 0 Å². The predicted octanol–water partition coefficient (Wildman–Crippen LogP) is 2.74. The SMILES string of the molecule is CC(C)NCc1ccc([N+](=O)[O-])c(OCC(F)F)c1. The smallest absolute Gasteiger partial charge is 0.310 e. The zero-order valence-electron chi connectivity index (χ0n) is 10.7. The van der Waals surface area contributed by atoms with Crippen molar-refractivity contribution in [2.75, 3.05) is 6.61 Å². The Labute approximate surface area is 109 Å². The van der Waals surface area contributed by atoms with Crippen LogP contribution >= 0.6 is 0 Å². The fourth-order valence-corrected chi connectivity index (χ4v) is 1.41. The lowest BCUT2D eigenvalue weighted by atomic mass is 10.2. The van der Waals surface area contributed by atoms with E-state index in [1.165, 1.54) is 12.1 Å². The molecule has 1 N–H and O–H groups in total. The van der Waals surface area contributed by atoms with Crippen LogP contribution in [-0.2, 0) is 6.54 Å². The van der Waals surface area contributed by atoms with Crippen LogP contribution in [0.1, 0.15) is 19.4 Å². The van der Waals surface area contributed by atoms with Crippen molar-refractivity contribution in [3.63, 3.8) is 0 Å². The van der Waals surface area contributed by atoms with Crippen LogP contribution in [0, 0.1) is 10.1 Å². The van der Waals surface area contributed by atoms with E-state index in [4.69, 9.17) is 4.74 Å². The summed E-state index contributed by atoms with van der Waals surface area (Å²) in [6.45, 7) is 3.54. The van der Waals surface area contributed by atoms with Crippen LogP contribution in [0.5, 0.6) is 5.75 Å². The van der Waals surface area contributed by atoms with Crippen LogP contribution in [0.4, 0.5) is 14.5 Å². The number of nitro groups is 1. The molecule has 0 saturated carbocycles. The standard InChI is InChI=1S/C12H16F2N2O3/c1-8(2)15-6-9-3-4-10(16(17)18)11(5-9)19-7-12(13)14/h3-5,8,12,15H,6-7H2,1-2H3. The Morgan fingerprint density at radius 3 is 2.63 bits per heavy atom. The first-order valence-corrected chi connectivity index (χ1v) is 5.81. The van der Waals surface area contributed by atoms with E-state index in [2.05, 4.69) is 5.32 Å². The Morgan fingerprint density at radius 1 is 1.42 bits per heavy atom. The molecule has 0 aliphatic heterocycles. The van der Waals surface area contributed by atoms with Gasteiger partial charge in [-0.05, 0) is 11.6 Å². The second-order valence-electron chi connectivity index (χ2n) is 4.30. The Bertz CT molecular complexity index is 439. The molecule has 0 aliphatic carbocycles. The second-order valence-corrected chi connectivity index (χ2v) is 4.30. The fraction of sp³-hybridized carbons (Fsp3) is 0.500. The highest BCUT2D eigenvalue weighted by Crippen LogP contribution is 2.28. The Balaban J connectivity index is 2.87. The quantitative estimate of drug-likeness (QED) is 0.613. The molecule has 1 aromatic carbocycles. The largest absolute Gasteiger partial charge is 0.481 e. The first-order chi connectivity index (χ1) is 8.90. The van der Waals surface area contributed by atoms with Gasteiger partial charge in [0.05, 0.1) is 4.92 Å². The lowest BCUT2D eigenvalue weighted by Crippen LogP contribution is -2.21. The van der Waals surface area contributed by atoms with Gasteiger partial charge in [-0.3, -0.25) is 10.1 Å². The van der Waals surface area contributed by atoms with E-state index >= 15 is 0 Å². The molecule has 0 fully saturated rings. The van der Waals surface area contributed by atoms with Gasteiger partial charge < -0.3 is 10.1 Å². The number of ether oxygens (including phenoxy) is 1. The molecule has 0 spiro atoms. The van der Waals surface area contributed by atoms with Crippen LogP contribution in [-0.4, -0.2) is 24.0 Å². The lowest BCUT2D eigenvalue weighted by molar-refractivity contribution is -0.386. The molecule has 0 radical (unpaired) electrons. The van der Waals surface area contributed by atoms with E-state index in [-0.39, 0.29) is 17.5 Å². The maximum Gasteiger partial charge on any atom is 0.310 e. The van der Waals surface area contributed by atoms with Gasteiger partial charge in [0.1, 0.15) is 6.61 Å². The van der Waals surface area contributed by atoms with Gasteiger partial charge in [0.25, 0.3) is 6.43 Å². The van der Waals surface area contributed by atoms with E-state index in [0.29, 0.717) is 6.54 Å². The minimum Gasteiger partial charge on any atom is -0.481 e. The summed E-state index contributed by atoms with van der Waals surface area (Å²) >= 11 is 0. The number of halogens is 2. The number of nitrogens with one attached hydrogen (secondary N) is 1. The summed E-state index contributed by atoms with van der Waals surface area (Å²) < 4.78 is 29.0. The van der Waals surface area contributed by atoms with E-state index in [1.54, 1.807) is 6.07 Å². The highest BCUT2D eigenvalue weighted by molar-refractivity contribution is 5.48. The minimum atomic E-state index is -2.67. The third kappa shape index (κ3) is 5.17. The summed E-state index contributed by atoms with van der Waals surface area (Å²) in [7, 11) is 0. The van der Waals surface area contributed by atoms with Gasteiger partial charge in [-0.15, -0.1) is 0 Å². The summed E-state index contributed by atoms with van der Waals surface area (Å²) in [6.07, 6.45) is -2.67. The van der Waals surface area contributed by atoms with Crippen LogP contribution in [0.15, 0.2) is 18.2 Å². The third-order valence-corrected chi connectivity index (χ3v) is 2.30. The molecular weight excluding hydrogens is 258 g/mol. The van der Waals surface area contributed by atoms with Crippen molar-refractivity contribution < 1.29 is 18.4 Å². The van der Waals surface area contributed by atoms with Crippen molar-refractivity contribution in [3.05, 3.63) is 33.9 Å². The highest BCUT2D eigenvalue weighted by atomic mass is 19.3. The summed E-state index contributed by atoms with van der Waals surface area (Å²) in [6, 6.07) is 4.50. The molecule has 0 aliphatic rings. The first kappa shape index (κ1) is 15.3. The molecule has 0 heterocycles. The normalized spacial score (nSPS) is 11.1. The summed E-state index contributed by atoms with van der Waals surface area (Å²) in [5.41, 5.74) is 0.428. The maximum atomic E-state index is 12.1. The summed E-state index contributed by atoms with van der Waals surface area (Å²) in [5, 5.41) is 13.9. The number of benzene rings is 1. The van der Waals surface area contributed by atoms with Gasteiger partial charge in [-0.2, -0.15) is 0 Å². The van der Waals surface area contributed by atoms with Crippen molar-refractivity contribution >= 4 is 5.69 Å². The number of hydrogen-bond acceptors (Lipinski definition) is 4. The number of rotatable bonds is 7. The molecule has 0 bridgehead atoms. The Kier molecular flexibility index (Phi) is 5.62. The highest BCUT2D eigenvalue weighted by Gasteiger charge is 2.17. The zero-order chi connectivity index (χ0) is 14.4. The van der Waals surface area contributed by atoms with E-state index in [9.17, 15) is 18.9 Å². The average Bonchev–Trinajstić information content (AvgIpc) is 2.33. The van der Waals surface area contributed by atoms with Crippen molar-refractivity contribution in [1.82, 2.24) is 5.32 Å². The molecule has 1 aromatic rings. The number of alkyl halides is 2. The Hall–Kier alpha value is -1.76. The molecule has 106 valence electrons. The number of nitrogens with zero attached hydrogens (tertiary/aromatic N) is 1. The summed E-state index contributed by atoms with van der Waals surface area (Å²) in [4.78, 5) is 10.1. The van der Waals surface area contributed by atoms with Crippen LogP contribution < -0.4 is 10.1 Å². The van der Waals surface area contributed by atoms with Gasteiger partial charge in [0, 0.05) is 18.7 Å². The fourth-order valence-electron chi connectivity index (χ4n) is 1.41. The van der Waals surface area contributed by atoms with Gasteiger partial charge in [-0.1, -0.05) is 19.9 Å². The van der Waals surface area contributed by atoms with Crippen LogP contribution in [0.25, 0.3) is 0 Å². The average molecular weight is 274 g/mol. The molecule has 0 unspecified atom stereocenters. The first-order valence-electron chi connectivity index (χ1n) is 5.81. The van der Waals surface area contributed by atoms with Gasteiger partial charge >= 0.3 is 5.69 Å². The molecule has 7 heteroatoms. The number of hydrogen-bond donors (Lipinski definition) is 1. The molecule has 0 amide bonds. The van der Waals surface area contributed by atoms with Crippen molar-refractivity contribution in [2.45, 2.75) is 32.9 Å². The minimum absolute atomic E-state index is 0.131. The molecule has 5 nitrogen and oxygen atoms in total. The maximum absolute atomic E-state index is 12.1. The van der Waals surface area contributed by atoms with Crippen LogP contribution in [0.2, 0.25) is 0 Å². The Morgan fingerprint density at radius 2 is 2.11 bits per heavy atom. The molecule has 1 rings (SSSR count). The van der Waals surface area contributed by atoms with E-state index in [0.717, 1.165) is 5.56 Å². The van der Waals surface area contributed by atoms with Crippen molar-refractivity contribution in [2.24, 2.45) is 0 Å². The lowest BCUT2D eigenvalue weighted by Gasteiger charge is -2.10. The van der Waals surface area contributed by atoms with Gasteiger partial charge in [0.2, 0.25) is 0 Å².